The predicted octanol–water partition coefficient (Wildman–Crippen LogP) is 4.95. The second-order valence-corrected chi connectivity index (χ2v) is 10.4. The fourth-order valence-corrected chi connectivity index (χ4v) is 5.75. The molecule has 0 radical (unpaired) electrons. The molecule has 0 saturated heterocycles. The van der Waals surface area contributed by atoms with Crippen LogP contribution >= 0.6 is 23.2 Å². The van der Waals surface area contributed by atoms with Crippen LogP contribution in [0.2, 0.25) is 10.0 Å². The van der Waals surface area contributed by atoms with Crippen LogP contribution in [0.25, 0.3) is 11.2 Å². The molecule has 0 aliphatic heterocycles. The van der Waals surface area contributed by atoms with Crippen LogP contribution in [0.1, 0.15) is 57.4 Å². The van der Waals surface area contributed by atoms with E-state index in [4.69, 9.17) is 33.9 Å². The molecule has 1 amide bonds. The molecule has 2 aliphatic rings. The van der Waals surface area contributed by atoms with Gasteiger partial charge >= 0.3 is 0 Å². The Balaban J connectivity index is 1.53. The van der Waals surface area contributed by atoms with E-state index in [-0.39, 0.29) is 39.6 Å². The monoisotopic (exact) mass is 535 g/mol. The molecule has 2 aromatic heterocycles. The minimum atomic E-state index is -0.608. The molecule has 5 rings (SSSR count). The van der Waals surface area contributed by atoms with Crippen molar-refractivity contribution in [3.05, 3.63) is 34.2 Å². The maximum absolute atomic E-state index is 14.7. The highest BCUT2D eigenvalue weighted by molar-refractivity contribution is 6.36. The van der Waals surface area contributed by atoms with Gasteiger partial charge in [0.15, 0.2) is 5.65 Å². The summed E-state index contributed by atoms with van der Waals surface area (Å²) in [7, 11) is 0. The number of aliphatic hydroxyl groups excluding tert-OH is 1. The van der Waals surface area contributed by atoms with Gasteiger partial charge in [0.05, 0.1) is 29.1 Å². The normalized spacial score (nSPS) is 24.6. The Labute approximate surface area is 217 Å². The molecule has 2 fully saturated rings. The second-order valence-electron chi connectivity index (χ2n) is 9.59. The number of hydrogen-bond donors (Lipinski definition) is 4. The van der Waals surface area contributed by atoms with Crippen molar-refractivity contribution in [3.63, 3.8) is 0 Å². The zero-order valence-electron chi connectivity index (χ0n) is 19.6. The summed E-state index contributed by atoms with van der Waals surface area (Å²) in [5, 5.41) is 17.0. The number of fused-ring (bicyclic) bond motifs is 1. The number of benzene rings is 1. The van der Waals surface area contributed by atoms with E-state index < -0.39 is 11.9 Å². The van der Waals surface area contributed by atoms with E-state index >= 15 is 0 Å². The average molecular weight is 536 g/mol. The Bertz CT molecular complexity index is 1260. The molecule has 2 heterocycles. The molecule has 2 aliphatic carbocycles. The van der Waals surface area contributed by atoms with Crippen LogP contribution in [0, 0.1) is 11.7 Å². The highest BCUT2D eigenvalue weighted by Crippen LogP contribution is 2.38. The Morgan fingerprint density at radius 1 is 1.11 bits per heavy atom. The average Bonchev–Trinajstić information content (AvgIpc) is 3.20. The molecule has 1 aromatic carbocycles. The van der Waals surface area contributed by atoms with Gasteiger partial charge in [-0.15, -0.1) is 0 Å². The molecule has 0 bridgehead atoms. The van der Waals surface area contributed by atoms with E-state index in [0.717, 1.165) is 25.7 Å². The standard InChI is InChI=1S/C24H28Cl2FN7O2/c25-13-9-15(26)20(16(27)10-13)32-24-31-18-11-29-23(30-17-3-1-2-4-19(17)35)33-22(18)34(24)14-7-5-12(6-8-14)21(28)36/h9-12,14,17,19,35H,1-8H2,(H2,28,36)(H,31,32)(H,29,30,33)/t12?,14?,17-,19-/m1/s1. The summed E-state index contributed by atoms with van der Waals surface area (Å²) in [6.45, 7) is 0. The van der Waals surface area contributed by atoms with E-state index in [1.54, 1.807) is 6.20 Å². The fraction of sp³-hybridized carbons (Fsp3) is 0.500. The van der Waals surface area contributed by atoms with Crippen molar-refractivity contribution < 1.29 is 14.3 Å². The topological polar surface area (TPSA) is 131 Å². The van der Waals surface area contributed by atoms with Crippen LogP contribution < -0.4 is 16.4 Å². The smallest absolute Gasteiger partial charge is 0.225 e. The number of rotatable bonds is 6. The number of nitrogens with two attached hydrogens (primary N) is 1. The van der Waals surface area contributed by atoms with Crippen LogP contribution in [-0.4, -0.2) is 42.7 Å². The summed E-state index contributed by atoms with van der Waals surface area (Å²) < 4.78 is 16.7. The molecule has 5 N–H and O–H groups in total. The lowest BCUT2D eigenvalue weighted by atomic mass is 9.85. The molecule has 2 atom stereocenters. The van der Waals surface area contributed by atoms with Gasteiger partial charge in [0.1, 0.15) is 11.3 Å². The van der Waals surface area contributed by atoms with Crippen LogP contribution in [0.3, 0.4) is 0 Å². The number of aliphatic hydroxyl groups is 1. The van der Waals surface area contributed by atoms with Crippen molar-refractivity contribution in [1.82, 2.24) is 19.5 Å². The number of nitrogens with one attached hydrogen (secondary N) is 2. The van der Waals surface area contributed by atoms with E-state index in [1.807, 2.05) is 4.57 Å². The molecule has 0 unspecified atom stereocenters. The number of primary amides is 1. The van der Waals surface area contributed by atoms with E-state index in [9.17, 15) is 14.3 Å². The highest BCUT2D eigenvalue weighted by Gasteiger charge is 2.30. The van der Waals surface area contributed by atoms with Crippen molar-refractivity contribution in [3.8, 4) is 0 Å². The third kappa shape index (κ3) is 5.07. The number of amides is 1. The predicted molar refractivity (Wildman–Crippen MR) is 137 cm³/mol. The number of carbonyl (C=O) groups is 1. The van der Waals surface area contributed by atoms with E-state index in [1.165, 1.54) is 12.1 Å². The lowest BCUT2D eigenvalue weighted by Gasteiger charge is -2.29. The molecule has 9 nitrogen and oxygen atoms in total. The molecule has 192 valence electrons. The number of anilines is 3. The Morgan fingerprint density at radius 3 is 2.56 bits per heavy atom. The van der Waals surface area contributed by atoms with Crippen LogP contribution in [0.15, 0.2) is 18.3 Å². The number of carbonyl (C=O) groups excluding carboxylic acids is 1. The first-order valence-corrected chi connectivity index (χ1v) is 13.0. The first-order valence-electron chi connectivity index (χ1n) is 12.2. The van der Waals surface area contributed by atoms with Crippen molar-refractivity contribution in [2.24, 2.45) is 11.7 Å². The highest BCUT2D eigenvalue weighted by atomic mass is 35.5. The Morgan fingerprint density at radius 2 is 1.86 bits per heavy atom. The van der Waals surface area contributed by atoms with Crippen LogP contribution in [0.4, 0.5) is 22.0 Å². The zero-order chi connectivity index (χ0) is 25.4. The number of halogens is 3. The number of nitrogens with zero attached hydrogens (tertiary/aromatic N) is 4. The van der Waals surface area contributed by atoms with Crippen molar-refractivity contribution >= 4 is 57.9 Å². The molecule has 2 saturated carbocycles. The van der Waals surface area contributed by atoms with Crippen molar-refractivity contribution in [2.45, 2.75) is 69.6 Å². The summed E-state index contributed by atoms with van der Waals surface area (Å²) in [6.07, 6.45) is 7.38. The quantitative estimate of drug-likeness (QED) is 0.351. The van der Waals surface area contributed by atoms with Gasteiger partial charge in [-0.2, -0.15) is 4.98 Å². The third-order valence-corrected chi connectivity index (χ3v) is 7.70. The van der Waals surface area contributed by atoms with Gasteiger partial charge in [-0.3, -0.25) is 9.36 Å². The van der Waals surface area contributed by atoms with Gasteiger partial charge in [0.25, 0.3) is 0 Å². The summed E-state index contributed by atoms with van der Waals surface area (Å²) in [4.78, 5) is 25.5. The Kier molecular flexibility index (Phi) is 7.18. The van der Waals surface area contributed by atoms with Gasteiger partial charge in [-0.25, -0.2) is 14.4 Å². The van der Waals surface area contributed by atoms with Gasteiger partial charge in [-0.1, -0.05) is 36.0 Å². The molecular weight excluding hydrogens is 508 g/mol. The first kappa shape index (κ1) is 25.0. The van der Waals surface area contributed by atoms with Gasteiger partial charge in [-0.05, 0) is 50.7 Å². The summed E-state index contributed by atoms with van der Waals surface area (Å²) in [5.41, 5.74) is 6.67. The summed E-state index contributed by atoms with van der Waals surface area (Å²) >= 11 is 12.2. The van der Waals surface area contributed by atoms with Crippen molar-refractivity contribution in [2.75, 3.05) is 10.6 Å². The lowest BCUT2D eigenvalue weighted by Crippen LogP contribution is -2.36. The van der Waals surface area contributed by atoms with Gasteiger partial charge in [0.2, 0.25) is 17.8 Å². The first-order chi connectivity index (χ1) is 17.3. The largest absolute Gasteiger partial charge is 0.391 e. The molecular formula is C24H28Cl2FN7O2. The third-order valence-electron chi connectivity index (χ3n) is 7.18. The maximum atomic E-state index is 14.7. The molecule has 36 heavy (non-hydrogen) atoms. The molecule has 3 aromatic rings. The molecule has 0 spiro atoms. The number of imidazole rings is 1. The van der Waals surface area contributed by atoms with Crippen molar-refractivity contribution in [1.29, 1.82) is 0 Å². The molecule has 12 heteroatoms. The number of aromatic nitrogens is 4. The summed E-state index contributed by atoms with van der Waals surface area (Å²) in [6, 6.07) is 2.46. The van der Waals surface area contributed by atoms with E-state index in [0.29, 0.717) is 48.7 Å². The van der Waals surface area contributed by atoms with Gasteiger partial charge < -0.3 is 21.5 Å². The van der Waals surface area contributed by atoms with Crippen LogP contribution in [0.5, 0.6) is 0 Å². The number of hydrogen-bond acceptors (Lipinski definition) is 7. The SMILES string of the molecule is NC(=O)C1CCC(n2c(Nc3c(F)cc(Cl)cc3Cl)nc3cnc(N[C@@H]4CCCC[C@H]4O)nc32)CC1. The second kappa shape index (κ2) is 10.4. The van der Waals surface area contributed by atoms with Gasteiger partial charge in [0, 0.05) is 17.0 Å². The van der Waals surface area contributed by atoms with E-state index in [2.05, 4.69) is 20.6 Å². The minimum Gasteiger partial charge on any atom is -0.391 e. The zero-order valence-corrected chi connectivity index (χ0v) is 21.1. The fourth-order valence-electron chi connectivity index (χ4n) is 5.23. The van der Waals surface area contributed by atoms with Crippen LogP contribution in [-0.2, 0) is 4.79 Å². The minimum absolute atomic E-state index is 0.0507. The summed E-state index contributed by atoms with van der Waals surface area (Å²) in [5.74, 6) is -0.321. The lowest BCUT2D eigenvalue weighted by molar-refractivity contribution is -0.122. The Hall–Kier alpha value is -2.69. The maximum Gasteiger partial charge on any atom is 0.225 e.